The second-order valence-electron chi connectivity index (χ2n) is 6.55. The highest BCUT2D eigenvalue weighted by molar-refractivity contribution is 6.35. The fraction of sp³-hybridized carbons (Fsp3) is 0.263. The van der Waals surface area contributed by atoms with Gasteiger partial charge in [0.15, 0.2) is 0 Å². The number of nitrogens with zero attached hydrogens (tertiary/aromatic N) is 2. The summed E-state index contributed by atoms with van der Waals surface area (Å²) in [5.74, 6) is -0.293. The first-order chi connectivity index (χ1) is 11.7. The lowest BCUT2D eigenvalue weighted by Gasteiger charge is -2.28. The standard InChI is InChI=1S/C19H18Cl2N2O2/c1-12-4-6-13(7-5-12)11-19(2)17(24)23(18(25)22(19)3)16-9-14(20)8-15(21)10-16/h4-10H,11H2,1-3H3. The summed E-state index contributed by atoms with van der Waals surface area (Å²) < 4.78 is 0. The minimum atomic E-state index is -0.971. The first-order valence-electron chi connectivity index (χ1n) is 7.86. The molecule has 1 heterocycles. The summed E-state index contributed by atoms with van der Waals surface area (Å²) in [4.78, 5) is 28.5. The first-order valence-corrected chi connectivity index (χ1v) is 8.62. The predicted octanol–water partition coefficient (Wildman–Crippen LogP) is 4.70. The monoisotopic (exact) mass is 376 g/mol. The van der Waals surface area contributed by atoms with Gasteiger partial charge in [0.05, 0.1) is 5.69 Å². The van der Waals surface area contributed by atoms with Gasteiger partial charge in [-0.05, 0) is 37.6 Å². The molecule has 1 saturated heterocycles. The fourth-order valence-corrected chi connectivity index (χ4v) is 3.54. The number of carbonyl (C=O) groups excluding carboxylic acids is 2. The zero-order valence-corrected chi connectivity index (χ0v) is 15.7. The Morgan fingerprint density at radius 2 is 1.56 bits per heavy atom. The van der Waals surface area contributed by atoms with Crippen LogP contribution < -0.4 is 4.90 Å². The number of carbonyl (C=O) groups is 2. The smallest absolute Gasteiger partial charge is 0.312 e. The maximum Gasteiger partial charge on any atom is 0.332 e. The minimum absolute atomic E-state index is 0.293. The fourth-order valence-electron chi connectivity index (χ4n) is 3.03. The zero-order valence-electron chi connectivity index (χ0n) is 14.2. The van der Waals surface area contributed by atoms with Crippen molar-refractivity contribution in [2.75, 3.05) is 11.9 Å². The van der Waals surface area contributed by atoms with Crippen molar-refractivity contribution in [2.45, 2.75) is 25.8 Å². The van der Waals surface area contributed by atoms with Gasteiger partial charge in [-0.25, -0.2) is 9.69 Å². The molecule has 0 aliphatic carbocycles. The summed E-state index contributed by atoms with van der Waals surface area (Å²) in [6.45, 7) is 3.78. The van der Waals surface area contributed by atoms with Crippen molar-refractivity contribution >= 4 is 40.8 Å². The average molecular weight is 377 g/mol. The van der Waals surface area contributed by atoms with Crippen LogP contribution >= 0.6 is 23.2 Å². The average Bonchev–Trinajstić information content (AvgIpc) is 2.70. The molecule has 0 aromatic heterocycles. The summed E-state index contributed by atoms with van der Waals surface area (Å²) in [5, 5.41) is 0.746. The van der Waals surface area contributed by atoms with E-state index in [1.807, 2.05) is 31.2 Å². The molecule has 1 aliphatic heterocycles. The molecule has 3 rings (SSSR count). The Kier molecular flexibility index (Phi) is 4.52. The second kappa shape index (κ2) is 6.36. The number of rotatable bonds is 3. The molecule has 2 aromatic rings. The van der Waals surface area contributed by atoms with Crippen molar-refractivity contribution in [3.63, 3.8) is 0 Å². The van der Waals surface area contributed by atoms with E-state index in [1.54, 1.807) is 32.2 Å². The summed E-state index contributed by atoms with van der Waals surface area (Å²) in [5.41, 5.74) is 1.55. The lowest BCUT2D eigenvalue weighted by molar-refractivity contribution is -0.123. The number of aryl methyl sites for hydroxylation is 1. The van der Waals surface area contributed by atoms with Gasteiger partial charge in [-0.1, -0.05) is 53.0 Å². The highest BCUT2D eigenvalue weighted by Crippen LogP contribution is 2.35. The molecule has 130 valence electrons. The number of hydrogen-bond donors (Lipinski definition) is 0. The SMILES string of the molecule is Cc1ccc(CC2(C)C(=O)N(c3cc(Cl)cc(Cl)c3)C(=O)N2C)cc1. The Balaban J connectivity index is 1.98. The molecule has 3 amide bonds. The van der Waals surface area contributed by atoms with Gasteiger partial charge in [-0.15, -0.1) is 0 Å². The van der Waals surface area contributed by atoms with Crippen molar-refractivity contribution in [1.29, 1.82) is 0 Å². The maximum atomic E-state index is 13.1. The van der Waals surface area contributed by atoms with Gasteiger partial charge in [0.25, 0.3) is 5.91 Å². The number of likely N-dealkylation sites (N-methyl/N-ethyl adjacent to an activating group) is 1. The molecule has 1 atom stereocenters. The topological polar surface area (TPSA) is 40.6 Å². The van der Waals surface area contributed by atoms with E-state index >= 15 is 0 Å². The molecule has 0 N–H and O–H groups in total. The molecule has 6 heteroatoms. The summed E-state index contributed by atoms with van der Waals surface area (Å²) in [6, 6.07) is 12.2. The third-order valence-electron chi connectivity index (χ3n) is 4.66. The third-order valence-corrected chi connectivity index (χ3v) is 5.09. The molecule has 0 bridgehead atoms. The maximum absolute atomic E-state index is 13.1. The highest BCUT2D eigenvalue weighted by Gasteiger charge is 2.53. The first kappa shape index (κ1) is 17.8. The van der Waals surface area contributed by atoms with E-state index in [-0.39, 0.29) is 5.91 Å². The summed E-state index contributed by atoms with van der Waals surface area (Å²) >= 11 is 12.1. The van der Waals surface area contributed by atoms with Crippen LogP contribution in [0.15, 0.2) is 42.5 Å². The van der Waals surface area contributed by atoms with Crippen LogP contribution in [0.4, 0.5) is 10.5 Å². The van der Waals surface area contributed by atoms with E-state index < -0.39 is 11.6 Å². The number of hydrogen-bond acceptors (Lipinski definition) is 2. The van der Waals surface area contributed by atoms with Crippen LogP contribution in [0.5, 0.6) is 0 Å². The molecule has 1 fully saturated rings. The summed E-state index contributed by atoms with van der Waals surface area (Å²) in [6.07, 6.45) is 0.430. The van der Waals surface area contributed by atoms with E-state index in [0.29, 0.717) is 22.2 Å². The molecular weight excluding hydrogens is 359 g/mol. The molecular formula is C19H18Cl2N2O2. The Hall–Kier alpha value is -2.04. The van der Waals surface area contributed by atoms with Crippen LogP contribution in [0, 0.1) is 6.92 Å². The number of benzene rings is 2. The van der Waals surface area contributed by atoms with Gasteiger partial charge in [0, 0.05) is 23.5 Å². The van der Waals surface area contributed by atoms with Gasteiger partial charge in [0.1, 0.15) is 5.54 Å². The van der Waals surface area contributed by atoms with Crippen LogP contribution in [-0.4, -0.2) is 29.4 Å². The van der Waals surface area contributed by atoms with Crippen molar-refractivity contribution in [2.24, 2.45) is 0 Å². The molecule has 1 unspecified atom stereocenters. The number of halogens is 2. The lowest BCUT2D eigenvalue weighted by Crippen LogP contribution is -2.47. The van der Waals surface area contributed by atoms with E-state index in [1.165, 1.54) is 4.90 Å². The number of amides is 3. The molecule has 0 spiro atoms. The van der Waals surface area contributed by atoms with Gasteiger partial charge >= 0.3 is 6.03 Å². The number of urea groups is 1. The van der Waals surface area contributed by atoms with Crippen molar-refractivity contribution in [1.82, 2.24) is 4.90 Å². The van der Waals surface area contributed by atoms with Crippen LogP contribution in [0.25, 0.3) is 0 Å². The molecule has 4 nitrogen and oxygen atoms in total. The number of imide groups is 1. The van der Waals surface area contributed by atoms with E-state index in [0.717, 1.165) is 16.0 Å². The van der Waals surface area contributed by atoms with Crippen LogP contribution in [0.1, 0.15) is 18.1 Å². The minimum Gasteiger partial charge on any atom is -0.312 e. The predicted molar refractivity (Wildman–Crippen MR) is 100 cm³/mol. The van der Waals surface area contributed by atoms with Crippen molar-refractivity contribution in [3.05, 3.63) is 63.6 Å². The van der Waals surface area contributed by atoms with Gasteiger partial charge in [0.2, 0.25) is 0 Å². The van der Waals surface area contributed by atoms with Crippen molar-refractivity contribution < 1.29 is 9.59 Å². The molecule has 0 radical (unpaired) electrons. The van der Waals surface area contributed by atoms with Crippen LogP contribution in [-0.2, 0) is 11.2 Å². The zero-order chi connectivity index (χ0) is 18.4. The summed E-state index contributed by atoms with van der Waals surface area (Å²) in [7, 11) is 1.64. The van der Waals surface area contributed by atoms with Gasteiger partial charge in [-0.2, -0.15) is 0 Å². The van der Waals surface area contributed by atoms with E-state index in [9.17, 15) is 9.59 Å². The Morgan fingerprint density at radius 1 is 1.00 bits per heavy atom. The Bertz CT molecular complexity index is 831. The Labute approximate surface area is 156 Å². The second-order valence-corrected chi connectivity index (χ2v) is 7.42. The molecule has 25 heavy (non-hydrogen) atoms. The normalized spacial score (nSPS) is 20.5. The quantitative estimate of drug-likeness (QED) is 0.728. The molecule has 1 aliphatic rings. The largest absolute Gasteiger partial charge is 0.332 e. The van der Waals surface area contributed by atoms with E-state index in [2.05, 4.69) is 0 Å². The van der Waals surface area contributed by atoms with Gasteiger partial charge < -0.3 is 4.90 Å². The van der Waals surface area contributed by atoms with Crippen molar-refractivity contribution in [3.8, 4) is 0 Å². The Morgan fingerprint density at radius 3 is 2.12 bits per heavy atom. The van der Waals surface area contributed by atoms with Crippen LogP contribution in [0.2, 0.25) is 10.0 Å². The van der Waals surface area contributed by atoms with Gasteiger partial charge in [-0.3, -0.25) is 4.79 Å². The van der Waals surface area contributed by atoms with Crippen LogP contribution in [0.3, 0.4) is 0 Å². The molecule has 2 aromatic carbocycles. The molecule has 0 saturated carbocycles. The number of anilines is 1. The highest BCUT2D eigenvalue weighted by atomic mass is 35.5. The third kappa shape index (κ3) is 3.12. The van der Waals surface area contributed by atoms with E-state index in [4.69, 9.17) is 23.2 Å². The lowest BCUT2D eigenvalue weighted by atomic mass is 9.91.